The van der Waals surface area contributed by atoms with Gasteiger partial charge < -0.3 is 14.4 Å². The van der Waals surface area contributed by atoms with Crippen LogP contribution in [0.2, 0.25) is 0 Å². The number of amides is 1. The molecule has 2 aliphatic heterocycles. The average molecular weight is 301 g/mol. The van der Waals surface area contributed by atoms with E-state index < -0.39 is 0 Å². The Morgan fingerprint density at radius 2 is 1.86 bits per heavy atom. The summed E-state index contributed by atoms with van der Waals surface area (Å²) in [5.74, 6) is 1.49. The number of nitrogens with zero attached hydrogens (tertiary/aromatic N) is 1. The maximum Gasteiger partial charge on any atom is 0.227 e. The summed E-state index contributed by atoms with van der Waals surface area (Å²) in [5, 5.41) is 0. The summed E-state index contributed by atoms with van der Waals surface area (Å²) in [6.07, 6.45) is 4.98. The van der Waals surface area contributed by atoms with Crippen LogP contribution in [-0.4, -0.2) is 36.9 Å². The third-order valence-corrected chi connectivity index (χ3v) is 4.28. The lowest BCUT2D eigenvalue weighted by atomic mass is 9.87. The minimum Gasteiger partial charge on any atom is -0.493 e. The van der Waals surface area contributed by atoms with Gasteiger partial charge in [0.25, 0.3) is 0 Å². The van der Waals surface area contributed by atoms with Crippen molar-refractivity contribution in [3.05, 3.63) is 35.9 Å². The second-order valence-electron chi connectivity index (χ2n) is 5.58. The standard InChI is InChI=1S/C17H19NO4/c1-21-15-7-6-11(8-16(15)22-2)14-10-13(19)9-12-4-3-5-17(20)18(12)14/h3-4,6-8,12,14H,5,9-10H2,1-2H3/t12-,14-/m1/s1. The third-order valence-electron chi connectivity index (χ3n) is 4.28. The monoisotopic (exact) mass is 301 g/mol. The maximum atomic E-state index is 12.3. The van der Waals surface area contributed by atoms with E-state index in [-0.39, 0.29) is 23.8 Å². The first-order valence-corrected chi connectivity index (χ1v) is 7.35. The Morgan fingerprint density at radius 1 is 1.09 bits per heavy atom. The Labute approximate surface area is 129 Å². The quantitative estimate of drug-likeness (QED) is 0.804. The van der Waals surface area contributed by atoms with Crippen molar-refractivity contribution in [1.29, 1.82) is 0 Å². The van der Waals surface area contributed by atoms with Crippen molar-refractivity contribution in [2.45, 2.75) is 31.3 Å². The van der Waals surface area contributed by atoms with Gasteiger partial charge in [0.1, 0.15) is 5.78 Å². The van der Waals surface area contributed by atoms with E-state index in [9.17, 15) is 9.59 Å². The number of benzene rings is 1. The lowest BCUT2D eigenvalue weighted by molar-refractivity contribution is -0.140. The lowest BCUT2D eigenvalue weighted by Gasteiger charge is -2.42. The highest BCUT2D eigenvalue weighted by Gasteiger charge is 2.38. The van der Waals surface area contributed by atoms with Gasteiger partial charge in [0.2, 0.25) is 5.91 Å². The number of Topliss-reactive ketones (excluding diaryl/α,β-unsaturated/α-hetero) is 1. The Hall–Kier alpha value is -2.30. The fourth-order valence-corrected chi connectivity index (χ4v) is 3.25. The molecule has 5 heteroatoms. The van der Waals surface area contributed by atoms with Gasteiger partial charge in [0, 0.05) is 19.3 Å². The first-order valence-electron chi connectivity index (χ1n) is 7.35. The second-order valence-corrected chi connectivity index (χ2v) is 5.58. The number of ether oxygens (including phenoxy) is 2. The normalized spacial score (nSPS) is 24.2. The molecule has 5 nitrogen and oxygen atoms in total. The van der Waals surface area contributed by atoms with Crippen molar-refractivity contribution in [2.75, 3.05) is 14.2 Å². The summed E-state index contributed by atoms with van der Waals surface area (Å²) in [4.78, 5) is 26.2. The van der Waals surface area contributed by atoms with E-state index in [1.54, 1.807) is 14.2 Å². The van der Waals surface area contributed by atoms with Gasteiger partial charge in [-0.2, -0.15) is 0 Å². The van der Waals surface area contributed by atoms with Crippen molar-refractivity contribution in [3.8, 4) is 11.5 Å². The van der Waals surface area contributed by atoms with Gasteiger partial charge in [-0.05, 0) is 17.7 Å². The number of hydrogen-bond donors (Lipinski definition) is 0. The van der Waals surface area contributed by atoms with E-state index in [4.69, 9.17) is 9.47 Å². The van der Waals surface area contributed by atoms with Crippen molar-refractivity contribution >= 4 is 11.7 Å². The number of ketones is 1. The Morgan fingerprint density at radius 3 is 2.59 bits per heavy atom. The highest BCUT2D eigenvalue weighted by molar-refractivity contribution is 5.87. The first-order chi connectivity index (χ1) is 10.6. The molecule has 2 heterocycles. The fourth-order valence-electron chi connectivity index (χ4n) is 3.25. The molecule has 0 spiro atoms. The van der Waals surface area contributed by atoms with Gasteiger partial charge in [-0.15, -0.1) is 0 Å². The highest BCUT2D eigenvalue weighted by atomic mass is 16.5. The zero-order valence-electron chi connectivity index (χ0n) is 12.7. The lowest BCUT2D eigenvalue weighted by Crippen LogP contribution is -2.48. The van der Waals surface area contributed by atoms with Crippen LogP contribution in [0.25, 0.3) is 0 Å². The molecule has 0 radical (unpaired) electrons. The molecule has 1 saturated heterocycles. The second kappa shape index (κ2) is 5.83. The van der Waals surface area contributed by atoms with Crippen LogP contribution in [0.4, 0.5) is 0 Å². The molecule has 0 aromatic heterocycles. The third kappa shape index (κ3) is 2.47. The minimum atomic E-state index is -0.233. The van der Waals surface area contributed by atoms with Crippen molar-refractivity contribution < 1.29 is 19.1 Å². The van der Waals surface area contributed by atoms with E-state index in [0.717, 1.165) is 5.56 Å². The summed E-state index contributed by atoms with van der Waals surface area (Å²) in [6.45, 7) is 0. The van der Waals surface area contributed by atoms with Crippen molar-refractivity contribution in [3.63, 3.8) is 0 Å². The zero-order valence-corrected chi connectivity index (χ0v) is 12.7. The summed E-state index contributed by atoms with van der Waals surface area (Å²) >= 11 is 0. The topological polar surface area (TPSA) is 55.8 Å². The fraction of sp³-hybridized carbons (Fsp3) is 0.412. The first kappa shape index (κ1) is 14.6. The summed E-state index contributed by atoms with van der Waals surface area (Å²) in [6, 6.07) is 5.20. The predicted molar refractivity (Wildman–Crippen MR) is 80.9 cm³/mol. The SMILES string of the molecule is COc1ccc([C@H]2CC(=O)C[C@H]3C=CCC(=O)N32)cc1OC. The smallest absolute Gasteiger partial charge is 0.227 e. The molecule has 0 N–H and O–H groups in total. The molecule has 2 aliphatic rings. The van der Waals surface area contributed by atoms with E-state index in [2.05, 4.69) is 0 Å². The largest absolute Gasteiger partial charge is 0.493 e. The molecule has 22 heavy (non-hydrogen) atoms. The minimum absolute atomic E-state index is 0.0692. The molecule has 3 rings (SSSR count). The number of hydrogen-bond acceptors (Lipinski definition) is 4. The number of piperidine rings is 1. The molecule has 0 saturated carbocycles. The van der Waals surface area contributed by atoms with Crippen LogP contribution in [0.1, 0.15) is 30.9 Å². The van der Waals surface area contributed by atoms with Gasteiger partial charge in [-0.3, -0.25) is 9.59 Å². The zero-order chi connectivity index (χ0) is 15.7. The van der Waals surface area contributed by atoms with Crippen LogP contribution in [0.15, 0.2) is 30.4 Å². The number of carbonyl (C=O) groups is 2. The molecule has 1 aromatic rings. The molecule has 2 atom stereocenters. The Balaban J connectivity index is 1.99. The average Bonchev–Trinajstić information content (AvgIpc) is 2.53. The Kier molecular flexibility index (Phi) is 3.88. The van der Waals surface area contributed by atoms with Crippen LogP contribution >= 0.6 is 0 Å². The molecule has 0 aliphatic carbocycles. The number of methoxy groups -OCH3 is 2. The van der Waals surface area contributed by atoms with E-state index in [1.165, 1.54) is 0 Å². The molecular formula is C17H19NO4. The van der Waals surface area contributed by atoms with E-state index >= 15 is 0 Å². The van der Waals surface area contributed by atoms with Crippen LogP contribution < -0.4 is 9.47 Å². The van der Waals surface area contributed by atoms with Crippen LogP contribution in [0.5, 0.6) is 11.5 Å². The van der Waals surface area contributed by atoms with Gasteiger partial charge in [0.15, 0.2) is 11.5 Å². The number of carbonyl (C=O) groups excluding carboxylic acids is 2. The van der Waals surface area contributed by atoms with Crippen LogP contribution in [-0.2, 0) is 9.59 Å². The summed E-state index contributed by atoms with van der Waals surface area (Å²) in [7, 11) is 3.15. The van der Waals surface area contributed by atoms with Crippen LogP contribution in [0.3, 0.4) is 0 Å². The van der Waals surface area contributed by atoms with Gasteiger partial charge in [-0.25, -0.2) is 0 Å². The molecule has 116 valence electrons. The predicted octanol–water partition coefficient (Wildman–Crippen LogP) is 2.26. The van der Waals surface area contributed by atoms with E-state index in [1.807, 2.05) is 35.3 Å². The van der Waals surface area contributed by atoms with Gasteiger partial charge >= 0.3 is 0 Å². The summed E-state index contributed by atoms with van der Waals surface area (Å²) in [5.41, 5.74) is 0.902. The van der Waals surface area contributed by atoms with Crippen LogP contribution in [0, 0.1) is 0 Å². The highest BCUT2D eigenvalue weighted by Crippen LogP contribution is 2.38. The molecule has 0 bridgehead atoms. The molecule has 1 aromatic carbocycles. The Bertz CT molecular complexity index is 638. The maximum absolute atomic E-state index is 12.3. The molecular weight excluding hydrogens is 282 g/mol. The van der Waals surface area contributed by atoms with Gasteiger partial charge in [0.05, 0.1) is 26.3 Å². The molecule has 1 amide bonds. The van der Waals surface area contributed by atoms with Crippen molar-refractivity contribution in [2.24, 2.45) is 0 Å². The molecule has 1 fully saturated rings. The van der Waals surface area contributed by atoms with Crippen molar-refractivity contribution in [1.82, 2.24) is 4.90 Å². The molecule has 0 unspecified atom stereocenters. The van der Waals surface area contributed by atoms with E-state index in [0.29, 0.717) is 30.8 Å². The number of fused-ring (bicyclic) bond motifs is 1. The van der Waals surface area contributed by atoms with Gasteiger partial charge in [-0.1, -0.05) is 18.2 Å². The summed E-state index contributed by atoms with van der Waals surface area (Å²) < 4.78 is 10.6. The number of rotatable bonds is 3.